The number of halogens is 1. The molecule has 0 aliphatic carbocycles. The van der Waals surface area contributed by atoms with Gasteiger partial charge in [-0.1, -0.05) is 23.7 Å². The van der Waals surface area contributed by atoms with Gasteiger partial charge in [-0.2, -0.15) is 0 Å². The minimum Gasteiger partial charge on any atom is -0.381 e. The molecule has 0 aromatic heterocycles. The van der Waals surface area contributed by atoms with E-state index < -0.39 is 0 Å². The predicted octanol–water partition coefficient (Wildman–Crippen LogP) is 2.64. The Hall–Kier alpha value is -0.570. The first-order chi connectivity index (χ1) is 7.74. The molecular weight excluding hydrogens is 222 g/mol. The zero-order valence-electron chi connectivity index (χ0n) is 9.36. The molecule has 2 nitrogen and oxygen atoms in total. The van der Waals surface area contributed by atoms with Crippen molar-refractivity contribution in [2.45, 2.75) is 25.3 Å². The molecule has 0 bridgehead atoms. The molecule has 1 aromatic rings. The summed E-state index contributed by atoms with van der Waals surface area (Å²) in [7, 11) is 0. The van der Waals surface area contributed by atoms with Crippen molar-refractivity contribution in [3.05, 3.63) is 34.9 Å². The number of rotatable bonds is 4. The van der Waals surface area contributed by atoms with E-state index in [2.05, 4.69) is 6.07 Å². The van der Waals surface area contributed by atoms with Gasteiger partial charge >= 0.3 is 0 Å². The number of hydrogen-bond donors (Lipinski definition) is 1. The molecule has 0 radical (unpaired) electrons. The zero-order chi connectivity index (χ0) is 11.4. The predicted molar refractivity (Wildman–Crippen MR) is 66.7 cm³/mol. The average Bonchev–Trinajstić information content (AvgIpc) is 2.70. The van der Waals surface area contributed by atoms with Gasteiger partial charge in [0.2, 0.25) is 0 Å². The van der Waals surface area contributed by atoms with E-state index in [0.717, 1.165) is 37.5 Å². The summed E-state index contributed by atoms with van der Waals surface area (Å²) >= 11 is 5.94. The van der Waals surface area contributed by atoms with Crippen LogP contribution >= 0.6 is 11.6 Å². The van der Waals surface area contributed by atoms with Gasteiger partial charge in [0.05, 0.1) is 0 Å². The second-order valence-corrected chi connectivity index (χ2v) is 5.00. The van der Waals surface area contributed by atoms with Gasteiger partial charge < -0.3 is 10.5 Å². The zero-order valence-corrected chi connectivity index (χ0v) is 10.1. The second kappa shape index (κ2) is 5.67. The topological polar surface area (TPSA) is 35.2 Å². The summed E-state index contributed by atoms with van der Waals surface area (Å²) < 4.78 is 5.35. The summed E-state index contributed by atoms with van der Waals surface area (Å²) in [6.07, 6.45) is 3.10. The molecule has 1 saturated heterocycles. The van der Waals surface area contributed by atoms with Crippen LogP contribution in [-0.2, 0) is 11.2 Å². The van der Waals surface area contributed by atoms with Gasteiger partial charge in [0.25, 0.3) is 0 Å². The lowest BCUT2D eigenvalue weighted by atomic mass is 9.95. The fourth-order valence-electron chi connectivity index (χ4n) is 2.25. The van der Waals surface area contributed by atoms with Gasteiger partial charge in [-0.05, 0) is 42.9 Å². The Balaban J connectivity index is 1.84. The van der Waals surface area contributed by atoms with Crippen molar-refractivity contribution in [2.24, 2.45) is 11.7 Å². The molecule has 0 amide bonds. The van der Waals surface area contributed by atoms with Gasteiger partial charge in [0.1, 0.15) is 0 Å². The van der Waals surface area contributed by atoms with Crippen molar-refractivity contribution in [3.8, 4) is 0 Å². The molecule has 2 N–H and O–H groups in total. The van der Waals surface area contributed by atoms with Crippen LogP contribution in [0, 0.1) is 5.92 Å². The molecule has 1 aliphatic heterocycles. The number of ether oxygens (including phenoxy) is 1. The van der Waals surface area contributed by atoms with E-state index in [1.54, 1.807) is 0 Å². The van der Waals surface area contributed by atoms with Crippen LogP contribution in [0.25, 0.3) is 0 Å². The Kier molecular flexibility index (Phi) is 4.22. The maximum absolute atomic E-state index is 6.14. The Bertz CT molecular complexity index is 336. The molecule has 2 unspecified atom stereocenters. The third kappa shape index (κ3) is 3.48. The van der Waals surface area contributed by atoms with Crippen molar-refractivity contribution in [1.82, 2.24) is 0 Å². The van der Waals surface area contributed by atoms with E-state index in [9.17, 15) is 0 Å². The molecule has 1 aromatic carbocycles. The van der Waals surface area contributed by atoms with Crippen molar-refractivity contribution in [1.29, 1.82) is 0 Å². The highest BCUT2D eigenvalue weighted by atomic mass is 35.5. The van der Waals surface area contributed by atoms with Gasteiger partial charge in [0.15, 0.2) is 0 Å². The van der Waals surface area contributed by atoms with Crippen LogP contribution in [0.3, 0.4) is 0 Å². The molecule has 2 rings (SSSR count). The van der Waals surface area contributed by atoms with E-state index in [4.69, 9.17) is 22.1 Å². The maximum atomic E-state index is 6.14. The average molecular weight is 240 g/mol. The number of nitrogens with two attached hydrogens (primary N) is 1. The monoisotopic (exact) mass is 239 g/mol. The SMILES string of the molecule is NC(Cc1cccc(Cl)c1)CC1CCOC1. The highest BCUT2D eigenvalue weighted by molar-refractivity contribution is 6.30. The van der Waals surface area contributed by atoms with Gasteiger partial charge in [-0.25, -0.2) is 0 Å². The Labute approximate surface area is 102 Å². The van der Waals surface area contributed by atoms with E-state index in [-0.39, 0.29) is 6.04 Å². The van der Waals surface area contributed by atoms with Crippen LogP contribution in [0.2, 0.25) is 5.02 Å². The summed E-state index contributed by atoms with van der Waals surface area (Å²) in [4.78, 5) is 0. The van der Waals surface area contributed by atoms with Crippen LogP contribution in [-0.4, -0.2) is 19.3 Å². The van der Waals surface area contributed by atoms with Crippen LogP contribution < -0.4 is 5.73 Å². The Morgan fingerprint density at radius 3 is 3.06 bits per heavy atom. The van der Waals surface area contributed by atoms with E-state index >= 15 is 0 Å². The van der Waals surface area contributed by atoms with Crippen molar-refractivity contribution in [3.63, 3.8) is 0 Å². The van der Waals surface area contributed by atoms with Gasteiger partial charge in [-0.3, -0.25) is 0 Å². The van der Waals surface area contributed by atoms with Crippen molar-refractivity contribution >= 4 is 11.6 Å². The summed E-state index contributed by atoms with van der Waals surface area (Å²) in [6.45, 7) is 1.78. The smallest absolute Gasteiger partial charge is 0.0495 e. The lowest BCUT2D eigenvalue weighted by Crippen LogP contribution is -2.26. The number of hydrogen-bond acceptors (Lipinski definition) is 2. The lowest BCUT2D eigenvalue weighted by molar-refractivity contribution is 0.182. The Morgan fingerprint density at radius 2 is 2.38 bits per heavy atom. The van der Waals surface area contributed by atoms with Crippen LogP contribution in [0.4, 0.5) is 0 Å². The first-order valence-corrected chi connectivity index (χ1v) is 6.19. The molecule has 1 aliphatic rings. The fraction of sp³-hybridized carbons (Fsp3) is 0.538. The molecule has 1 heterocycles. The maximum Gasteiger partial charge on any atom is 0.0495 e. The molecule has 3 heteroatoms. The molecule has 16 heavy (non-hydrogen) atoms. The second-order valence-electron chi connectivity index (χ2n) is 4.56. The third-order valence-corrected chi connectivity index (χ3v) is 3.28. The summed E-state index contributed by atoms with van der Waals surface area (Å²) in [5.74, 6) is 0.647. The van der Waals surface area contributed by atoms with Gasteiger partial charge in [-0.15, -0.1) is 0 Å². The van der Waals surface area contributed by atoms with Crippen molar-refractivity contribution in [2.75, 3.05) is 13.2 Å². The first kappa shape index (κ1) is 11.9. The lowest BCUT2D eigenvalue weighted by Gasteiger charge is -2.15. The highest BCUT2D eigenvalue weighted by Crippen LogP contribution is 2.19. The normalized spacial score (nSPS) is 22.2. The van der Waals surface area contributed by atoms with Crippen LogP contribution in [0.1, 0.15) is 18.4 Å². The van der Waals surface area contributed by atoms with E-state index in [1.165, 1.54) is 5.56 Å². The van der Waals surface area contributed by atoms with Crippen molar-refractivity contribution < 1.29 is 4.74 Å². The minimum atomic E-state index is 0.213. The molecule has 88 valence electrons. The summed E-state index contributed by atoms with van der Waals surface area (Å²) in [5, 5.41) is 0.786. The minimum absolute atomic E-state index is 0.213. The molecule has 0 spiro atoms. The van der Waals surface area contributed by atoms with E-state index in [0.29, 0.717) is 5.92 Å². The number of benzene rings is 1. The molecule has 1 fully saturated rings. The highest BCUT2D eigenvalue weighted by Gasteiger charge is 2.18. The van der Waals surface area contributed by atoms with Gasteiger partial charge in [0, 0.05) is 24.3 Å². The quantitative estimate of drug-likeness (QED) is 0.877. The molecule has 0 saturated carbocycles. The van der Waals surface area contributed by atoms with E-state index in [1.807, 2.05) is 18.2 Å². The Morgan fingerprint density at radius 1 is 1.50 bits per heavy atom. The van der Waals surface area contributed by atoms with Crippen LogP contribution in [0.5, 0.6) is 0 Å². The van der Waals surface area contributed by atoms with Crippen LogP contribution in [0.15, 0.2) is 24.3 Å². The summed E-state index contributed by atoms with van der Waals surface area (Å²) in [6, 6.07) is 8.15. The first-order valence-electron chi connectivity index (χ1n) is 5.82. The molecular formula is C13H18ClNO. The third-order valence-electron chi connectivity index (χ3n) is 3.05. The standard InChI is InChI=1S/C13H18ClNO/c14-12-3-1-2-10(6-12)7-13(15)8-11-4-5-16-9-11/h1-3,6,11,13H,4-5,7-9,15H2. The largest absolute Gasteiger partial charge is 0.381 e. The fourth-order valence-corrected chi connectivity index (χ4v) is 2.46. The summed E-state index contributed by atoms with van der Waals surface area (Å²) in [5.41, 5.74) is 7.36. The molecule has 2 atom stereocenters.